The zero-order valence-corrected chi connectivity index (χ0v) is 58.5. The Labute approximate surface area is 563 Å². The number of thiazole rings is 1. The van der Waals surface area contributed by atoms with Gasteiger partial charge < -0.3 is 83.7 Å². The van der Waals surface area contributed by atoms with Crippen molar-refractivity contribution >= 4 is 76.4 Å². The highest BCUT2D eigenvalue weighted by atomic mass is 32.1. The van der Waals surface area contributed by atoms with Crippen molar-refractivity contribution in [1.29, 1.82) is 0 Å². The Morgan fingerprint density at radius 1 is 0.758 bits per heavy atom. The third-order valence-corrected chi connectivity index (χ3v) is 18.1. The molecule has 0 saturated carbocycles. The van der Waals surface area contributed by atoms with Crippen LogP contribution in [0.15, 0.2) is 66.2 Å². The maximum absolute atomic E-state index is 14.7. The summed E-state index contributed by atoms with van der Waals surface area (Å²) in [7, 11) is 4.69. The minimum Gasteiger partial charge on any atom is -0.445 e. The zero-order valence-electron chi connectivity index (χ0n) is 57.7. The van der Waals surface area contributed by atoms with E-state index in [1.807, 2.05) is 56.5 Å². The van der Waals surface area contributed by atoms with E-state index in [2.05, 4.69) is 47.5 Å². The molecule has 0 bridgehead atoms. The van der Waals surface area contributed by atoms with Crippen molar-refractivity contribution in [2.75, 3.05) is 46.2 Å². The second-order valence-corrected chi connectivity index (χ2v) is 26.8. The van der Waals surface area contributed by atoms with Gasteiger partial charge in [0.1, 0.15) is 41.3 Å². The number of alkyl carbamates (subject to hydrolysis) is 1. The fraction of sp³-hybridized carbons (Fsp3) is 0.627. The number of likely N-dealkylation sites (N-methyl/N-ethyl adjacent to an activating group) is 1. The van der Waals surface area contributed by atoms with E-state index in [0.29, 0.717) is 62.9 Å². The largest absolute Gasteiger partial charge is 0.445 e. The number of anilines is 1. The second-order valence-electron chi connectivity index (χ2n) is 25.9. The highest BCUT2D eigenvalue weighted by Crippen LogP contribution is 2.31. The van der Waals surface area contributed by atoms with Crippen LogP contribution >= 0.6 is 11.3 Å². The zero-order chi connectivity index (χ0) is 70.7. The number of methoxy groups -OCH3 is 2. The maximum atomic E-state index is 14.7. The number of amides is 11. The molecule has 0 radical (unpaired) electrons. The summed E-state index contributed by atoms with van der Waals surface area (Å²) in [5.74, 6) is -5.26. The number of unbranched alkanes of at least 4 members (excludes halogenated alkanes) is 1. The number of hydrogen-bond acceptors (Lipinski definition) is 17. The number of carbonyl (C=O) groups is 10. The molecule has 0 aliphatic carbocycles. The highest BCUT2D eigenvalue weighted by molar-refractivity contribution is 7.09. The fourth-order valence-corrected chi connectivity index (χ4v) is 12.0. The highest BCUT2D eigenvalue weighted by Gasteiger charge is 2.44. The van der Waals surface area contributed by atoms with Gasteiger partial charge in [-0.1, -0.05) is 90.4 Å². The predicted octanol–water partition coefficient (Wildman–Crippen LogP) is 4.43. The Balaban J connectivity index is 1.38. The molecule has 2 aromatic carbocycles. The van der Waals surface area contributed by atoms with Crippen LogP contribution in [0, 0.1) is 17.8 Å². The lowest BCUT2D eigenvalue weighted by Gasteiger charge is -2.41. The summed E-state index contributed by atoms with van der Waals surface area (Å²) >= 11 is 1.47. The number of nitrogens with one attached hydrogen (secondary N) is 8. The molecular weight excluding hydrogens is 1240 g/mol. The number of likely N-dealkylation sites (tertiary alicyclic amines) is 1. The Hall–Kier alpha value is -7.79. The first kappa shape index (κ1) is 79.6. The van der Waals surface area contributed by atoms with Crippen molar-refractivity contribution in [3.8, 4) is 0 Å². The van der Waals surface area contributed by atoms with E-state index < -0.39 is 119 Å². The summed E-state index contributed by atoms with van der Waals surface area (Å²) in [6, 6.07) is 9.62. The number of hydrogen-bond donors (Lipinski definition) is 11. The number of nitrogens with two attached hydrogens (primary N) is 3. The number of rotatable bonds is 39. The van der Waals surface area contributed by atoms with Crippen LogP contribution < -0.4 is 59.7 Å². The molecule has 11 amide bonds. The number of primary amides is 1. The Bertz CT molecular complexity index is 2970. The third-order valence-electron chi connectivity index (χ3n) is 17.2. The van der Waals surface area contributed by atoms with Crippen LogP contribution in [0.4, 0.5) is 15.3 Å². The molecule has 4 rings (SSSR count). The molecule has 1 aliphatic rings. The summed E-state index contributed by atoms with van der Waals surface area (Å²) in [6.45, 7) is 17.6. The first-order valence-electron chi connectivity index (χ1n) is 32.9. The van der Waals surface area contributed by atoms with Gasteiger partial charge in [-0.05, 0) is 127 Å². The first-order chi connectivity index (χ1) is 44.9. The van der Waals surface area contributed by atoms with Gasteiger partial charge in [-0.25, -0.2) is 14.6 Å². The number of ether oxygens (including phenoxy) is 3. The summed E-state index contributed by atoms with van der Waals surface area (Å²) in [6.07, 6.45) is 3.52. The molecule has 2 heterocycles. The van der Waals surface area contributed by atoms with Crippen molar-refractivity contribution in [3.05, 3.63) is 82.3 Å². The van der Waals surface area contributed by atoms with Crippen LogP contribution in [0.3, 0.4) is 0 Å². The van der Waals surface area contributed by atoms with Crippen molar-refractivity contribution in [3.63, 3.8) is 0 Å². The lowest BCUT2D eigenvalue weighted by atomic mass is 9.89. The molecule has 528 valence electrons. The minimum absolute atomic E-state index is 0.0542. The predicted molar refractivity (Wildman–Crippen MR) is 363 cm³/mol. The number of benzene rings is 2. The van der Waals surface area contributed by atoms with Crippen molar-refractivity contribution in [2.45, 2.75) is 212 Å². The lowest BCUT2D eigenvalue weighted by molar-refractivity contribution is -0.148. The molecule has 11 atom stereocenters. The van der Waals surface area contributed by atoms with Gasteiger partial charge in [0.05, 0.1) is 48.2 Å². The second kappa shape index (κ2) is 38.7. The van der Waals surface area contributed by atoms with Gasteiger partial charge in [0, 0.05) is 51.6 Å². The molecule has 1 aliphatic heterocycles. The van der Waals surface area contributed by atoms with E-state index in [0.717, 1.165) is 10.6 Å². The number of nitrogens with zero attached hydrogens (tertiary/aromatic N) is 3. The summed E-state index contributed by atoms with van der Waals surface area (Å²) in [5, 5.41) is 24.6. The summed E-state index contributed by atoms with van der Waals surface area (Å²) in [5.41, 5.74) is 15.9. The average molecular weight is 1350 g/mol. The van der Waals surface area contributed by atoms with Crippen LogP contribution in [0.5, 0.6) is 0 Å². The van der Waals surface area contributed by atoms with E-state index >= 15 is 0 Å². The van der Waals surface area contributed by atoms with E-state index in [1.165, 1.54) is 46.1 Å². The van der Waals surface area contributed by atoms with E-state index in [4.69, 9.17) is 31.4 Å². The minimum atomic E-state index is -1.60. The molecule has 3 aromatic rings. The summed E-state index contributed by atoms with van der Waals surface area (Å²) < 4.78 is 17.7. The molecule has 1 aromatic heterocycles. The first-order valence-corrected chi connectivity index (χ1v) is 33.7. The Kier molecular flexibility index (Phi) is 32.4. The van der Waals surface area contributed by atoms with Crippen LogP contribution in [0.25, 0.3) is 0 Å². The molecule has 28 heteroatoms. The van der Waals surface area contributed by atoms with Crippen LogP contribution in [-0.4, -0.2) is 175 Å². The molecular formula is C67H106N14O13S. The smallest absolute Gasteiger partial charge is 0.408 e. The van der Waals surface area contributed by atoms with Gasteiger partial charge >= 0.3 is 12.1 Å². The standard InChI is InChI=1S/C67H106N14O13S/c1-14-41(5)54(51(92-12)38-52(82)81-35-22-27-50(81)55(93-13)42(6)56(83)76-49(60-71-34-36-95-60)37-43-23-17-16-18-24-43)80(11)61(87)53(40(3)4)78-63(89)67(9,10)79-65(91)94-39-44-28-30-45(31-29-44)73-58(85)47(26-21-33-72-64(69)90)75-57(84)46(15-2)74-59(86)48(25-19-20-32-68)77-62(88)66(7,8)70/h16-18,23-24,28-31,34,36,40-42,46-51,53-55H,14-15,19-22,25-27,32-33,35,37-39,68,70H2,1-13H3,(H,73,85)(H,74,86)(H,75,84)(H,76,83)(H,77,88)(H,78,89)(H,79,91)(H3,69,72,90)/t41-,42+,46-,47-,48-,49-,50-,51+,53-,54-,55+/m0/s1. The van der Waals surface area contributed by atoms with Gasteiger partial charge in [0.15, 0.2) is 0 Å². The fourth-order valence-electron chi connectivity index (χ4n) is 11.3. The SMILES string of the molecule is CC[C@H](NC(=O)[C@H](CCCCN)NC(=O)C(C)(C)N)C(=O)N[C@@H](CCCNC(N)=O)C(=O)Nc1ccc(COC(=O)NC(C)(C)C(=O)N[C@H](C(=O)N(C)[C@@H]([C@@H](C)CC)[C@@H](CC(=O)N2CCC[C@H]2[C@H](OC)[C@@H](C)C(=O)N[C@@H](Cc2ccccc2)c2nccs2)OC)C(C)C)cc1. The van der Waals surface area contributed by atoms with Crippen molar-refractivity contribution < 1.29 is 62.2 Å². The molecule has 27 nitrogen and oxygen atoms in total. The lowest BCUT2D eigenvalue weighted by Crippen LogP contribution is -2.62. The number of aromatic nitrogens is 1. The van der Waals surface area contributed by atoms with Crippen molar-refractivity contribution in [2.24, 2.45) is 35.0 Å². The number of urea groups is 1. The third kappa shape index (κ3) is 24.7. The topological polar surface area (TPSA) is 392 Å². The normalized spacial score (nSPS) is 16.4. The van der Waals surface area contributed by atoms with E-state index in [1.54, 1.807) is 75.2 Å². The van der Waals surface area contributed by atoms with Crippen LogP contribution in [0.1, 0.15) is 156 Å². The quantitative estimate of drug-likeness (QED) is 0.0352. The molecule has 95 heavy (non-hydrogen) atoms. The van der Waals surface area contributed by atoms with E-state index in [-0.39, 0.29) is 69.0 Å². The Morgan fingerprint density at radius 2 is 1.40 bits per heavy atom. The number of carbonyl (C=O) groups excluding carboxylic acids is 10. The molecule has 0 unspecified atom stereocenters. The van der Waals surface area contributed by atoms with Gasteiger partial charge in [-0.2, -0.15) is 0 Å². The summed E-state index contributed by atoms with van der Waals surface area (Å²) in [4.78, 5) is 144. The van der Waals surface area contributed by atoms with Gasteiger partial charge in [0.25, 0.3) is 0 Å². The molecule has 14 N–H and O–H groups in total. The van der Waals surface area contributed by atoms with Crippen LogP contribution in [-0.2, 0) is 65.6 Å². The maximum Gasteiger partial charge on any atom is 0.408 e. The van der Waals surface area contributed by atoms with Gasteiger partial charge in [0.2, 0.25) is 47.3 Å². The van der Waals surface area contributed by atoms with Crippen molar-refractivity contribution in [1.82, 2.24) is 52.0 Å². The molecule has 1 fully saturated rings. The average Bonchev–Trinajstić information content (AvgIpc) is 1.80. The molecule has 0 spiro atoms. The Morgan fingerprint density at radius 3 is 1.98 bits per heavy atom. The molecule has 1 saturated heterocycles. The monoisotopic (exact) mass is 1350 g/mol. The van der Waals surface area contributed by atoms with Gasteiger partial charge in [-0.15, -0.1) is 11.3 Å². The van der Waals surface area contributed by atoms with E-state index in [9.17, 15) is 47.9 Å². The van der Waals surface area contributed by atoms with Crippen LogP contribution in [0.2, 0.25) is 0 Å². The van der Waals surface area contributed by atoms with Gasteiger partial charge in [-0.3, -0.25) is 38.4 Å².